The molecule has 3 nitrogen and oxygen atoms in total. The molecule has 0 spiro atoms. The molecule has 0 heterocycles. The molecule has 1 aromatic carbocycles. The molecule has 5 heteroatoms. The zero-order valence-corrected chi connectivity index (χ0v) is 10.5. The second-order valence-corrected chi connectivity index (χ2v) is 4.79. The summed E-state index contributed by atoms with van der Waals surface area (Å²) < 4.78 is 13.4. The monoisotopic (exact) mass is 259 g/mol. The van der Waals surface area contributed by atoms with Gasteiger partial charge in [0, 0.05) is 11.4 Å². The van der Waals surface area contributed by atoms with Crippen LogP contribution in [0.1, 0.15) is 30.6 Å². The van der Waals surface area contributed by atoms with Gasteiger partial charge in [-0.2, -0.15) is 0 Å². The van der Waals surface area contributed by atoms with E-state index in [0.717, 1.165) is 6.07 Å². The van der Waals surface area contributed by atoms with E-state index in [9.17, 15) is 14.3 Å². The van der Waals surface area contributed by atoms with Crippen molar-refractivity contribution in [2.24, 2.45) is 0 Å². The summed E-state index contributed by atoms with van der Waals surface area (Å²) in [6.07, 6.45) is 0.551. The van der Waals surface area contributed by atoms with Gasteiger partial charge < -0.3 is 10.4 Å². The van der Waals surface area contributed by atoms with E-state index in [1.54, 1.807) is 13.8 Å². The van der Waals surface area contributed by atoms with Gasteiger partial charge in [-0.15, -0.1) is 11.6 Å². The molecule has 0 aromatic heterocycles. The number of hydrogen-bond donors (Lipinski definition) is 2. The van der Waals surface area contributed by atoms with E-state index < -0.39 is 17.3 Å². The second-order valence-electron chi connectivity index (χ2n) is 4.41. The Bertz CT molecular complexity index is 401. The molecule has 0 aliphatic rings. The van der Waals surface area contributed by atoms with Crippen LogP contribution in [0.4, 0.5) is 4.39 Å². The van der Waals surface area contributed by atoms with Crippen LogP contribution < -0.4 is 5.32 Å². The van der Waals surface area contributed by atoms with Crippen LogP contribution in [0.5, 0.6) is 5.75 Å². The number of rotatable bonds is 4. The summed E-state index contributed by atoms with van der Waals surface area (Å²) in [7, 11) is 0. The lowest BCUT2D eigenvalue weighted by atomic mass is 10.0. The third-order valence-corrected chi connectivity index (χ3v) is 2.58. The number of carbonyl (C=O) groups excluding carboxylic acids is 1. The van der Waals surface area contributed by atoms with Gasteiger partial charge in [-0.1, -0.05) is 6.07 Å². The highest BCUT2D eigenvalue weighted by molar-refractivity contribution is 6.17. The number of nitrogens with one attached hydrogen (secondary N) is 1. The number of phenols is 1. The summed E-state index contributed by atoms with van der Waals surface area (Å²) in [5.74, 6) is -1.37. The fourth-order valence-electron chi connectivity index (χ4n) is 1.41. The number of benzene rings is 1. The molecule has 0 fully saturated rings. The maximum absolute atomic E-state index is 13.4. The zero-order valence-electron chi connectivity index (χ0n) is 9.76. The highest BCUT2D eigenvalue weighted by atomic mass is 35.5. The Balaban J connectivity index is 2.91. The topological polar surface area (TPSA) is 49.3 Å². The van der Waals surface area contributed by atoms with Crippen molar-refractivity contribution < 1.29 is 14.3 Å². The largest absolute Gasteiger partial charge is 0.507 e. The highest BCUT2D eigenvalue weighted by Gasteiger charge is 2.24. The average Bonchev–Trinajstić information content (AvgIpc) is 2.15. The van der Waals surface area contributed by atoms with Crippen molar-refractivity contribution in [2.75, 3.05) is 5.88 Å². The van der Waals surface area contributed by atoms with Crippen molar-refractivity contribution in [2.45, 2.75) is 25.8 Å². The van der Waals surface area contributed by atoms with E-state index in [0.29, 0.717) is 12.3 Å². The van der Waals surface area contributed by atoms with Gasteiger partial charge in [0.05, 0.1) is 0 Å². The van der Waals surface area contributed by atoms with Gasteiger partial charge in [0.15, 0.2) is 0 Å². The van der Waals surface area contributed by atoms with Crippen molar-refractivity contribution in [3.63, 3.8) is 0 Å². The Morgan fingerprint density at radius 1 is 1.53 bits per heavy atom. The third kappa shape index (κ3) is 3.60. The van der Waals surface area contributed by atoms with Crippen LogP contribution in [0.2, 0.25) is 0 Å². The number of hydrogen-bond acceptors (Lipinski definition) is 2. The smallest absolute Gasteiger partial charge is 0.258 e. The first-order chi connectivity index (χ1) is 7.87. The molecule has 0 radical (unpaired) electrons. The molecule has 2 N–H and O–H groups in total. The van der Waals surface area contributed by atoms with Gasteiger partial charge in [-0.05, 0) is 32.4 Å². The molecule has 0 aliphatic carbocycles. The number of halogens is 2. The molecule has 94 valence electrons. The maximum atomic E-state index is 13.4. The summed E-state index contributed by atoms with van der Waals surface area (Å²) in [4.78, 5) is 11.8. The van der Waals surface area contributed by atoms with Crippen LogP contribution in [0.3, 0.4) is 0 Å². The number of aromatic hydroxyl groups is 1. The molecule has 1 rings (SSSR count). The van der Waals surface area contributed by atoms with E-state index in [4.69, 9.17) is 11.6 Å². The van der Waals surface area contributed by atoms with Crippen molar-refractivity contribution in [1.82, 2.24) is 5.32 Å². The number of phenolic OH excluding ortho intramolecular Hbond substituents is 1. The first-order valence-corrected chi connectivity index (χ1v) is 5.77. The minimum Gasteiger partial charge on any atom is -0.507 e. The molecule has 0 bridgehead atoms. The minimum absolute atomic E-state index is 0.338. The van der Waals surface area contributed by atoms with E-state index >= 15 is 0 Å². The second kappa shape index (κ2) is 5.36. The van der Waals surface area contributed by atoms with Crippen LogP contribution >= 0.6 is 11.6 Å². The molecule has 0 unspecified atom stereocenters. The van der Waals surface area contributed by atoms with Crippen molar-refractivity contribution in [3.8, 4) is 5.75 Å². The highest BCUT2D eigenvalue weighted by Crippen LogP contribution is 2.21. The van der Waals surface area contributed by atoms with Crippen LogP contribution in [0.25, 0.3) is 0 Å². The van der Waals surface area contributed by atoms with E-state index in [2.05, 4.69) is 5.32 Å². The lowest BCUT2D eigenvalue weighted by molar-refractivity contribution is 0.0904. The third-order valence-electron chi connectivity index (χ3n) is 2.39. The normalized spacial score (nSPS) is 11.3. The molecule has 1 aromatic rings. The fraction of sp³-hybridized carbons (Fsp3) is 0.417. The van der Waals surface area contributed by atoms with Gasteiger partial charge >= 0.3 is 0 Å². The lowest BCUT2D eigenvalue weighted by Gasteiger charge is -2.25. The molecule has 0 atom stereocenters. The standard InChI is InChI=1S/C12H15ClFNO2/c1-12(2,6-7-13)15-11(17)10-8(14)4-3-5-9(10)16/h3-5,16H,6-7H2,1-2H3,(H,15,17). The van der Waals surface area contributed by atoms with Gasteiger partial charge in [0.1, 0.15) is 17.1 Å². The van der Waals surface area contributed by atoms with Crippen LogP contribution in [0, 0.1) is 5.82 Å². The first-order valence-electron chi connectivity index (χ1n) is 5.23. The summed E-state index contributed by atoms with van der Waals surface area (Å²) in [5, 5.41) is 12.1. The maximum Gasteiger partial charge on any atom is 0.258 e. The minimum atomic E-state index is -0.746. The summed E-state index contributed by atoms with van der Waals surface area (Å²) >= 11 is 5.60. The van der Waals surface area contributed by atoms with Gasteiger partial charge in [0.25, 0.3) is 5.91 Å². The molecule has 0 saturated heterocycles. The van der Waals surface area contributed by atoms with Crippen molar-refractivity contribution >= 4 is 17.5 Å². The Morgan fingerprint density at radius 3 is 2.71 bits per heavy atom. The molecular formula is C12H15ClFNO2. The average molecular weight is 260 g/mol. The molecular weight excluding hydrogens is 245 g/mol. The first kappa shape index (κ1) is 13.8. The predicted octanol–water partition coefficient (Wildman–Crippen LogP) is 2.67. The number of carbonyl (C=O) groups is 1. The fourth-order valence-corrected chi connectivity index (χ4v) is 1.88. The molecule has 1 amide bonds. The van der Waals surface area contributed by atoms with E-state index in [-0.39, 0.29) is 11.3 Å². The lowest BCUT2D eigenvalue weighted by Crippen LogP contribution is -2.44. The van der Waals surface area contributed by atoms with Crippen LogP contribution in [-0.4, -0.2) is 22.4 Å². The number of alkyl halides is 1. The van der Waals surface area contributed by atoms with Crippen LogP contribution in [0.15, 0.2) is 18.2 Å². The quantitative estimate of drug-likeness (QED) is 0.817. The summed E-state index contributed by atoms with van der Waals surface area (Å²) in [6, 6.07) is 3.74. The summed E-state index contributed by atoms with van der Waals surface area (Å²) in [5.41, 5.74) is -0.886. The molecule has 0 saturated carbocycles. The SMILES string of the molecule is CC(C)(CCCl)NC(=O)c1c(O)cccc1F. The van der Waals surface area contributed by atoms with Crippen molar-refractivity contribution in [3.05, 3.63) is 29.6 Å². The van der Waals surface area contributed by atoms with Crippen LogP contribution in [-0.2, 0) is 0 Å². The van der Waals surface area contributed by atoms with Gasteiger partial charge in [0.2, 0.25) is 0 Å². The van der Waals surface area contributed by atoms with Crippen molar-refractivity contribution in [1.29, 1.82) is 0 Å². The molecule has 17 heavy (non-hydrogen) atoms. The zero-order chi connectivity index (χ0) is 13.1. The Morgan fingerprint density at radius 2 is 2.18 bits per heavy atom. The Labute approximate surface area is 105 Å². The van der Waals surface area contributed by atoms with Gasteiger partial charge in [-0.3, -0.25) is 4.79 Å². The summed E-state index contributed by atoms with van der Waals surface area (Å²) in [6.45, 7) is 3.57. The molecule has 0 aliphatic heterocycles. The Kier molecular flexibility index (Phi) is 4.34. The number of amides is 1. The van der Waals surface area contributed by atoms with Gasteiger partial charge in [-0.25, -0.2) is 4.39 Å². The Hall–Kier alpha value is -1.29. The van der Waals surface area contributed by atoms with E-state index in [1.165, 1.54) is 12.1 Å². The predicted molar refractivity (Wildman–Crippen MR) is 64.9 cm³/mol. The van der Waals surface area contributed by atoms with E-state index in [1.807, 2.05) is 0 Å².